The molecule has 3 aromatic rings. The number of carbonyl (C=O) groups excluding carboxylic acids is 2. The number of aliphatic carboxylic acids is 1. The van der Waals surface area contributed by atoms with Gasteiger partial charge in [0.2, 0.25) is 0 Å². The zero-order valence-corrected chi connectivity index (χ0v) is 19.5. The number of carboxylic acid groups (broad SMARTS) is 1. The number of hydrogen-bond donors (Lipinski definition) is 3. The van der Waals surface area contributed by atoms with Crippen LogP contribution in [0.2, 0.25) is 0 Å². The zero-order chi connectivity index (χ0) is 24.9. The average Bonchev–Trinajstić information content (AvgIpc) is 3.16. The van der Waals surface area contributed by atoms with Crippen LogP contribution in [-0.4, -0.2) is 40.7 Å². The molecule has 35 heavy (non-hydrogen) atoms. The van der Waals surface area contributed by atoms with Gasteiger partial charge in [0.15, 0.2) is 5.69 Å². The van der Waals surface area contributed by atoms with E-state index in [2.05, 4.69) is 27.8 Å². The molecule has 1 aromatic heterocycles. The highest BCUT2D eigenvalue weighted by atomic mass is 16.5. The van der Waals surface area contributed by atoms with E-state index in [4.69, 9.17) is 9.84 Å². The number of carbonyl (C=O) groups is 3. The first-order valence-corrected chi connectivity index (χ1v) is 11.4. The van der Waals surface area contributed by atoms with Gasteiger partial charge >= 0.3 is 12.1 Å². The minimum atomic E-state index is -1.01. The van der Waals surface area contributed by atoms with Gasteiger partial charge in [-0.25, -0.2) is 9.78 Å². The molecule has 0 saturated heterocycles. The van der Waals surface area contributed by atoms with Gasteiger partial charge in [-0.1, -0.05) is 62.4 Å². The van der Waals surface area contributed by atoms with Gasteiger partial charge in [0, 0.05) is 18.2 Å². The molecule has 8 nitrogen and oxygen atoms in total. The first-order valence-electron chi connectivity index (χ1n) is 11.4. The lowest BCUT2D eigenvalue weighted by atomic mass is 9.98. The normalized spacial score (nSPS) is 13.0. The van der Waals surface area contributed by atoms with E-state index in [0.29, 0.717) is 0 Å². The first-order chi connectivity index (χ1) is 16.8. The lowest BCUT2D eigenvalue weighted by molar-refractivity contribution is -0.137. The Labute approximate surface area is 203 Å². The van der Waals surface area contributed by atoms with Crippen molar-refractivity contribution in [3.63, 3.8) is 0 Å². The topological polar surface area (TPSA) is 118 Å². The predicted octanol–water partition coefficient (Wildman–Crippen LogP) is 4.67. The van der Waals surface area contributed by atoms with Gasteiger partial charge in [-0.05, 0) is 40.3 Å². The maximum Gasteiger partial charge on any atom is 0.411 e. The first kappa shape index (κ1) is 23.9. The molecule has 180 valence electrons. The van der Waals surface area contributed by atoms with Gasteiger partial charge in [-0.3, -0.25) is 14.9 Å². The van der Waals surface area contributed by atoms with Crippen molar-refractivity contribution < 1.29 is 24.2 Å². The van der Waals surface area contributed by atoms with Crippen molar-refractivity contribution in [2.45, 2.75) is 32.2 Å². The van der Waals surface area contributed by atoms with Crippen LogP contribution < -0.4 is 10.6 Å². The number of amides is 2. The maximum absolute atomic E-state index is 12.8. The molecule has 4 rings (SSSR count). The second-order valence-corrected chi connectivity index (χ2v) is 8.77. The second-order valence-electron chi connectivity index (χ2n) is 8.77. The Morgan fingerprint density at radius 1 is 0.971 bits per heavy atom. The Hall–Kier alpha value is -4.20. The Morgan fingerprint density at radius 2 is 1.60 bits per heavy atom. The van der Waals surface area contributed by atoms with Gasteiger partial charge in [0.1, 0.15) is 6.61 Å². The van der Waals surface area contributed by atoms with Gasteiger partial charge < -0.3 is 15.2 Å². The Balaban J connectivity index is 1.44. The standard InChI is InChI=1S/C27H27N3O5/c1-16(2)23(14-24(31)32)29-26(33)25-22(12-7-13-28-25)30-27(34)35-15-21-19-10-5-3-8-17(19)18-9-4-6-11-20(18)21/h3-13,16,21,23H,14-15H2,1-2H3,(H,29,33)(H,30,34)(H,31,32)/t23-/m1/s1. The molecular weight excluding hydrogens is 446 g/mol. The van der Waals surface area contributed by atoms with Crippen LogP contribution in [-0.2, 0) is 9.53 Å². The van der Waals surface area contributed by atoms with Crippen LogP contribution in [0.3, 0.4) is 0 Å². The van der Waals surface area contributed by atoms with Crippen LogP contribution in [0.1, 0.15) is 47.8 Å². The number of nitrogens with one attached hydrogen (secondary N) is 2. The summed E-state index contributed by atoms with van der Waals surface area (Å²) in [6.45, 7) is 3.78. The number of pyridine rings is 1. The number of carboxylic acids is 1. The Morgan fingerprint density at radius 3 is 2.20 bits per heavy atom. The third kappa shape index (κ3) is 5.32. The van der Waals surface area contributed by atoms with E-state index in [1.165, 1.54) is 6.20 Å². The Bertz CT molecular complexity index is 1210. The van der Waals surface area contributed by atoms with Crippen molar-refractivity contribution in [3.05, 3.63) is 83.7 Å². The number of aromatic nitrogens is 1. The largest absolute Gasteiger partial charge is 0.481 e. The van der Waals surface area contributed by atoms with Crippen LogP contribution in [0, 0.1) is 5.92 Å². The molecule has 0 bridgehead atoms. The molecular formula is C27H27N3O5. The Kier molecular flexibility index (Phi) is 7.10. The third-order valence-corrected chi connectivity index (χ3v) is 6.12. The number of rotatable bonds is 8. The van der Waals surface area contributed by atoms with E-state index in [-0.39, 0.29) is 36.2 Å². The molecule has 3 N–H and O–H groups in total. The second kappa shape index (κ2) is 10.4. The SMILES string of the molecule is CC(C)[C@@H](CC(=O)O)NC(=O)c1ncccc1NC(=O)OCC1c2ccccc2-c2ccccc21. The van der Waals surface area contributed by atoms with Crippen molar-refractivity contribution in [2.75, 3.05) is 11.9 Å². The number of benzene rings is 2. The summed E-state index contributed by atoms with van der Waals surface area (Å²) in [5.74, 6) is -1.77. The molecule has 0 unspecified atom stereocenters. The van der Waals surface area contributed by atoms with Crippen molar-refractivity contribution in [1.29, 1.82) is 0 Å². The molecule has 0 saturated carbocycles. The van der Waals surface area contributed by atoms with Gasteiger partial charge in [-0.15, -0.1) is 0 Å². The average molecular weight is 474 g/mol. The quantitative estimate of drug-likeness (QED) is 0.438. The molecule has 8 heteroatoms. The number of hydrogen-bond acceptors (Lipinski definition) is 5. The summed E-state index contributed by atoms with van der Waals surface area (Å²) in [6.07, 6.45) is 0.505. The molecule has 1 aliphatic rings. The fourth-order valence-corrected chi connectivity index (χ4v) is 4.31. The maximum atomic E-state index is 12.8. The minimum absolute atomic E-state index is 0.0166. The van der Waals surface area contributed by atoms with Crippen LogP contribution in [0.4, 0.5) is 10.5 Å². The van der Waals surface area contributed by atoms with Crippen LogP contribution in [0.15, 0.2) is 66.9 Å². The van der Waals surface area contributed by atoms with E-state index in [1.807, 2.05) is 50.2 Å². The smallest absolute Gasteiger partial charge is 0.411 e. The fourth-order valence-electron chi connectivity index (χ4n) is 4.31. The lowest BCUT2D eigenvalue weighted by Gasteiger charge is -2.21. The van der Waals surface area contributed by atoms with Gasteiger partial charge in [-0.2, -0.15) is 0 Å². The third-order valence-electron chi connectivity index (χ3n) is 6.12. The molecule has 0 fully saturated rings. The molecule has 2 aromatic carbocycles. The molecule has 0 aliphatic heterocycles. The van der Waals surface area contributed by atoms with Gasteiger partial charge in [0.25, 0.3) is 5.91 Å². The number of nitrogens with zero attached hydrogens (tertiary/aromatic N) is 1. The molecule has 0 spiro atoms. The van der Waals surface area contributed by atoms with Crippen molar-refractivity contribution in [1.82, 2.24) is 10.3 Å². The number of ether oxygens (including phenoxy) is 1. The number of fused-ring (bicyclic) bond motifs is 3. The minimum Gasteiger partial charge on any atom is -0.481 e. The fraction of sp³-hybridized carbons (Fsp3) is 0.259. The van der Waals surface area contributed by atoms with E-state index in [0.717, 1.165) is 22.3 Å². The molecule has 0 radical (unpaired) electrons. The van der Waals surface area contributed by atoms with E-state index >= 15 is 0 Å². The van der Waals surface area contributed by atoms with E-state index < -0.39 is 24.0 Å². The van der Waals surface area contributed by atoms with Crippen molar-refractivity contribution in [2.24, 2.45) is 5.92 Å². The highest BCUT2D eigenvalue weighted by molar-refractivity contribution is 6.01. The van der Waals surface area contributed by atoms with Crippen LogP contribution in [0.5, 0.6) is 0 Å². The molecule has 1 atom stereocenters. The van der Waals surface area contributed by atoms with Crippen LogP contribution in [0.25, 0.3) is 11.1 Å². The number of anilines is 1. The van der Waals surface area contributed by atoms with Crippen molar-refractivity contribution in [3.8, 4) is 11.1 Å². The highest BCUT2D eigenvalue weighted by Crippen LogP contribution is 2.44. The highest BCUT2D eigenvalue weighted by Gasteiger charge is 2.29. The summed E-state index contributed by atoms with van der Waals surface area (Å²) in [5, 5.41) is 14.4. The summed E-state index contributed by atoms with van der Waals surface area (Å²) in [6, 6.07) is 18.6. The monoisotopic (exact) mass is 473 g/mol. The molecule has 1 heterocycles. The summed E-state index contributed by atoms with van der Waals surface area (Å²) in [7, 11) is 0. The summed E-state index contributed by atoms with van der Waals surface area (Å²) in [5.41, 5.74) is 4.62. The van der Waals surface area contributed by atoms with E-state index in [9.17, 15) is 14.4 Å². The lowest BCUT2D eigenvalue weighted by Crippen LogP contribution is -2.40. The predicted molar refractivity (Wildman–Crippen MR) is 131 cm³/mol. The van der Waals surface area contributed by atoms with Gasteiger partial charge in [0.05, 0.1) is 12.1 Å². The van der Waals surface area contributed by atoms with Crippen molar-refractivity contribution >= 4 is 23.7 Å². The van der Waals surface area contributed by atoms with E-state index in [1.54, 1.807) is 12.1 Å². The molecule has 2 amide bonds. The van der Waals surface area contributed by atoms with Crippen LogP contribution >= 0.6 is 0 Å². The summed E-state index contributed by atoms with van der Waals surface area (Å²) < 4.78 is 5.56. The molecule has 1 aliphatic carbocycles. The zero-order valence-electron chi connectivity index (χ0n) is 19.5. The summed E-state index contributed by atoms with van der Waals surface area (Å²) in [4.78, 5) is 40.7. The summed E-state index contributed by atoms with van der Waals surface area (Å²) >= 11 is 0.